The first-order chi connectivity index (χ1) is 6.61. The van der Waals surface area contributed by atoms with Gasteiger partial charge in [0.25, 0.3) is 0 Å². The van der Waals surface area contributed by atoms with Crippen LogP contribution in [0.15, 0.2) is 0 Å². The van der Waals surface area contributed by atoms with E-state index in [1.54, 1.807) is 0 Å². The predicted octanol–water partition coefficient (Wildman–Crippen LogP) is 2.15. The van der Waals surface area contributed by atoms with Gasteiger partial charge in [0, 0.05) is 0 Å². The fraction of sp³-hybridized carbons (Fsp3) is 0.909. The van der Waals surface area contributed by atoms with Crippen molar-refractivity contribution in [3.63, 3.8) is 0 Å². The van der Waals surface area contributed by atoms with E-state index >= 15 is 0 Å². The molecule has 1 rings (SSSR count). The number of rotatable bonds is 5. The number of carboxylic acids is 1. The molecule has 0 spiro atoms. The van der Waals surface area contributed by atoms with Gasteiger partial charge in [0.15, 0.2) is 0 Å². The molecule has 14 heavy (non-hydrogen) atoms. The van der Waals surface area contributed by atoms with Gasteiger partial charge < -0.3 is 10.8 Å². The van der Waals surface area contributed by atoms with Gasteiger partial charge in [-0.1, -0.05) is 32.6 Å². The molecule has 0 aliphatic heterocycles. The van der Waals surface area contributed by atoms with Gasteiger partial charge in [0.05, 0.1) is 0 Å². The van der Waals surface area contributed by atoms with Crippen LogP contribution >= 0.6 is 0 Å². The van der Waals surface area contributed by atoms with Crippen LogP contribution in [0.3, 0.4) is 0 Å². The summed E-state index contributed by atoms with van der Waals surface area (Å²) in [4.78, 5) is 11.2. The molecule has 0 unspecified atom stereocenters. The molecule has 1 atom stereocenters. The van der Waals surface area contributed by atoms with E-state index in [2.05, 4.69) is 6.92 Å². The molecule has 3 heteroatoms. The molecule has 0 aromatic rings. The van der Waals surface area contributed by atoms with Crippen molar-refractivity contribution in [2.45, 2.75) is 57.4 Å². The zero-order chi connectivity index (χ0) is 10.6. The molecular formula is C11H21NO2. The van der Waals surface area contributed by atoms with Crippen LogP contribution in [0.5, 0.6) is 0 Å². The fourth-order valence-electron chi connectivity index (χ4n) is 2.40. The third kappa shape index (κ3) is 2.27. The maximum absolute atomic E-state index is 11.2. The first-order valence-electron chi connectivity index (χ1n) is 5.63. The normalized spacial score (nSPS) is 22.1. The van der Waals surface area contributed by atoms with E-state index in [4.69, 9.17) is 5.73 Å². The second kappa shape index (κ2) is 4.78. The predicted molar refractivity (Wildman–Crippen MR) is 56.0 cm³/mol. The number of aliphatic carboxylic acids is 1. The van der Waals surface area contributed by atoms with Gasteiger partial charge >= 0.3 is 5.97 Å². The van der Waals surface area contributed by atoms with E-state index in [1.165, 1.54) is 0 Å². The molecule has 0 bridgehead atoms. The summed E-state index contributed by atoms with van der Waals surface area (Å²) < 4.78 is 0. The lowest BCUT2D eigenvalue weighted by molar-refractivity contribution is -0.146. The van der Waals surface area contributed by atoms with Gasteiger partial charge in [-0.25, -0.2) is 0 Å². The highest BCUT2D eigenvalue weighted by molar-refractivity contribution is 5.79. The summed E-state index contributed by atoms with van der Waals surface area (Å²) >= 11 is 0. The summed E-state index contributed by atoms with van der Waals surface area (Å²) in [7, 11) is 0. The highest BCUT2D eigenvalue weighted by Crippen LogP contribution is 2.35. The van der Waals surface area contributed by atoms with E-state index in [0.717, 1.165) is 38.5 Å². The maximum Gasteiger partial charge on any atom is 0.323 e. The van der Waals surface area contributed by atoms with Crippen LogP contribution < -0.4 is 5.73 Å². The number of hydrogen-bond donors (Lipinski definition) is 2. The SMILES string of the molecule is CCCC[C@](N)(C(=O)O)C1CCCC1. The van der Waals surface area contributed by atoms with Crippen LogP contribution in [0, 0.1) is 5.92 Å². The van der Waals surface area contributed by atoms with Crippen molar-refractivity contribution >= 4 is 5.97 Å². The van der Waals surface area contributed by atoms with Gasteiger partial charge in [-0.3, -0.25) is 4.79 Å². The molecule has 82 valence electrons. The van der Waals surface area contributed by atoms with Crippen molar-refractivity contribution < 1.29 is 9.90 Å². The smallest absolute Gasteiger partial charge is 0.323 e. The summed E-state index contributed by atoms with van der Waals surface area (Å²) in [6.45, 7) is 2.07. The fourth-order valence-corrected chi connectivity index (χ4v) is 2.40. The van der Waals surface area contributed by atoms with Crippen molar-refractivity contribution in [3.8, 4) is 0 Å². The Balaban J connectivity index is 2.64. The largest absolute Gasteiger partial charge is 0.480 e. The zero-order valence-electron chi connectivity index (χ0n) is 8.96. The van der Waals surface area contributed by atoms with Gasteiger partial charge in [0.2, 0.25) is 0 Å². The lowest BCUT2D eigenvalue weighted by atomic mass is 9.79. The molecule has 0 saturated heterocycles. The molecule has 3 N–H and O–H groups in total. The van der Waals surface area contributed by atoms with Crippen molar-refractivity contribution in [1.29, 1.82) is 0 Å². The second-order valence-electron chi connectivity index (χ2n) is 4.43. The number of hydrogen-bond acceptors (Lipinski definition) is 2. The molecule has 1 fully saturated rings. The standard InChI is InChI=1S/C11H21NO2/c1-2-3-8-11(12,10(13)14)9-6-4-5-7-9/h9H,2-8,12H2,1H3,(H,13,14)/t11-/m1/s1. The number of nitrogens with two attached hydrogens (primary N) is 1. The average molecular weight is 199 g/mol. The number of carboxylic acid groups (broad SMARTS) is 1. The van der Waals surface area contributed by atoms with E-state index < -0.39 is 11.5 Å². The van der Waals surface area contributed by atoms with E-state index in [1.807, 2.05) is 0 Å². The lowest BCUT2D eigenvalue weighted by Gasteiger charge is -2.31. The van der Waals surface area contributed by atoms with Crippen LogP contribution in [0.25, 0.3) is 0 Å². The molecule has 0 aromatic carbocycles. The quantitative estimate of drug-likeness (QED) is 0.713. The van der Waals surface area contributed by atoms with Crippen LogP contribution in [-0.4, -0.2) is 16.6 Å². The van der Waals surface area contributed by atoms with Gasteiger partial charge in [-0.15, -0.1) is 0 Å². The number of carbonyl (C=O) groups is 1. The Labute approximate surface area is 85.7 Å². The summed E-state index contributed by atoms with van der Waals surface area (Å²) in [5, 5.41) is 9.19. The Bertz CT molecular complexity index is 199. The Morgan fingerprint density at radius 3 is 2.50 bits per heavy atom. The van der Waals surface area contributed by atoms with Crippen LogP contribution in [0.1, 0.15) is 51.9 Å². The highest BCUT2D eigenvalue weighted by atomic mass is 16.4. The molecule has 0 heterocycles. The molecule has 1 aliphatic rings. The van der Waals surface area contributed by atoms with Crippen molar-refractivity contribution in [1.82, 2.24) is 0 Å². The van der Waals surface area contributed by atoms with Crippen LogP contribution in [-0.2, 0) is 4.79 Å². The van der Waals surface area contributed by atoms with Crippen molar-refractivity contribution in [3.05, 3.63) is 0 Å². The summed E-state index contributed by atoms with van der Waals surface area (Å²) in [6, 6.07) is 0. The second-order valence-corrected chi connectivity index (χ2v) is 4.43. The topological polar surface area (TPSA) is 63.3 Å². The molecule has 3 nitrogen and oxygen atoms in total. The highest BCUT2D eigenvalue weighted by Gasteiger charge is 2.42. The monoisotopic (exact) mass is 199 g/mol. The summed E-state index contributed by atoms with van der Waals surface area (Å²) in [5.41, 5.74) is 5.08. The van der Waals surface area contributed by atoms with E-state index in [0.29, 0.717) is 6.42 Å². The Kier molecular flexibility index (Phi) is 3.93. The molecule has 1 aliphatic carbocycles. The van der Waals surface area contributed by atoms with Crippen molar-refractivity contribution in [2.24, 2.45) is 11.7 Å². The molecular weight excluding hydrogens is 178 g/mol. The summed E-state index contributed by atoms with van der Waals surface area (Å²) in [6.07, 6.45) is 6.83. The van der Waals surface area contributed by atoms with Crippen LogP contribution in [0.2, 0.25) is 0 Å². The third-order valence-corrected chi connectivity index (χ3v) is 3.43. The van der Waals surface area contributed by atoms with Gasteiger partial charge in [-0.2, -0.15) is 0 Å². The Hall–Kier alpha value is -0.570. The zero-order valence-corrected chi connectivity index (χ0v) is 8.96. The minimum absolute atomic E-state index is 0.201. The summed E-state index contributed by atoms with van der Waals surface area (Å²) in [5.74, 6) is -0.607. The van der Waals surface area contributed by atoms with E-state index in [-0.39, 0.29) is 5.92 Å². The minimum atomic E-state index is -0.952. The van der Waals surface area contributed by atoms with Gasteiger partial charge in [-0.05, 0) is 25.2 Å². The molecule has 0 radical (unpaired) electrons. The van der Waals surface area contributed by atoms with Gasteiger partial charge in [0.1, 0.15) is 5.54 Å². The number of unbranched alkanes of at least 4 members (excludes halogenated alkanes) is 1. The first kappa shape index (κ1) is 11.5. The molecule has 0 aromatic heterocycles. The average Bonchev–Trinajstić information content (AvgIpc) is 2.66. The molecule has 0 amide bonds. The minimum Gasteiger partial charge on any atom is -0.480 e. The third-order valence-electron chi connectivity index (χ3n) is 3.43. The maximum atomic E-state index is 11.2. The first-order valence-corrected chi connectivity index (χ1v) is 5.63. The van der Waals surface area contributed by atoms with E-state index in [9.17, 15) is 9.90 Å². The lowest BCUT2D eigenvalue weighted by Crippen LogP contribution is -2.53. The Morgan fingerprint density at radius 1 is 1.50 bits per heavy atom. The molecule has 1 saturated carbocycles. The Morgan fingerprint density at radius 2 is 2.07 bits per heavy atom. The van der Waals surface area contributed by atoms with Crippen molar-refractivity contribution in [2.75, 3.05) is 0 Å². The van der Waals surface area contributed by atoms with Crippen LogP contribution in [0.4, 0.5) is 0 Å².